The minimum Gasteiger partial charge on any atom is -0.497 e. The molecule has 0 heterocycles. The van der Waals surface area contributed by atoms with E-state index in [4.69, 9.17) is 4.74 Å². The molecule has 0 unspecified atom stereocenters. The molecule has 0 aliphatic rings. The summed E-state index contributed by atoms with van der Waals surface area (Å²) >= 11 is 0. The van der Waals surface area contributed by atoms with Crippen LogP contribution in [-0.4, -0.2) is 7.11 Å². The van der Waals surface area contributed by atoms with Gasteiger partial charge in [-0.05, 0) is 51.6 Å². The molecule has 0 saturated carbocycles. The van der Waals surface area contributed by atoms with Crippen molar-refractivity contribution in [1.29, 1.82) is 0 Å². The maximum absolute atomic E-state index is 5.22. The van der Waals surface area contributed by atoms with Gasteiger partial charge in [0.25, 0.3) is 0 Å². The Morgan fingerprint density at radius 1 is 0.692 bits per heavy atom. The van der Waals surface area contributed by atoms with Gasteiger partial charge in [0.15, 0.2) is 0 Å². The van der Waals surface area contributed by atoms with Gasteiger partial charge >= 0.3 is 0 Å². The number of hydrogen-bond acceptors (Lipinski definition) is 1. The quantitative estimate of drug-likeness (QED) is 0.431. The van der Waals surface area contributed by atoms with E-state index in [2.05, 4.69) is 85.3 Å². The molecule has 1 nitrogen and oxygen atoms in total. The Kier molecular flexibility index (Phi) is 4.70. The Balaban J connectivity index is 1.50. The standard InChI is InChI=1S/C25H21O/c1-26-24-15-13-20(14-16-24)17-19-9-11-21(12-10-19)18-23-7-4-6-22-5-2-3-8-25(22)23/h2-16,18H,17H2,1H3. The van der Waals surface area contributed by atoms with Crippen LogP contribution >= 0.6 is 0 Å². The first kappa shape index (κ1) is 16.4. The van der Waals surface area contributed by atoms with E-state index in [1.54, 1.807) is 7.11 Å². The third-order valence-corrected chi connectivity index (χ3v) is 4.69. The van der Waals surface area contributed by atoms with Gasteiger partial charge in [0.1, 0.15) is 5.75 Å². The summed E-state index contributed by atoms with van der Waals surface area (Å²) in [5.74, 6) is 0.897. The van der Waals surface area contributed by atoms with Crippen LogP contribution in [0.5, 0.6) is 5.75 Å². The Bertz CT molecular complexity index is 993. The van der Waals surface area contributed by atoms with Crippen LogP contribution in [0.3, 0.4) is 0 Å². The molecule has 4 rings (SSSR count). The van der Waals surface area contributed by atoms with Crippen molar-refractivity contribution < 1.29 is 4.74 Å². The lowest BCUT2D eigenvalue weighted by Gasteiger charge is -2.08. The van der Waals surface area contributed by atoms with E-state index in [0.29, 0.717) is 0 Å². The fraction of sp³-hybridized carbons (Fsp3) is 0.0800. The molecule has 0 aliphatic heterocycles. The fourth-order valence-corrected chi connectivity index (χ4v) is 3.27. The summed E-state index contributed by atoms with van der Waals surface area (Å²) in [6, 6.07) is 32.0. The number of methoxy groups -OCH3 is 1. The molecule has 0 N–H and O–H groups in total. The number of ether oxygens (including phenoxy) is 1. The number of rotatable bonds is 5. The van der Waals surface area contributed by atoms with Crippen molar-refractivity contribution in [2.75, 3.05) is 7.11 Å². The lowest BCUT2D eigenvalue weighted by Crippen LogP contribution is -1.91. The monoisotopic (exact) mass is 337 g/mol. The highest BCUT2D eigenvalue weighted by Crippen LogP contribution is 2.23. The second kappa shape index (κ2) is 7.45. The summed E-state index contributed by atoms with van der Waals surface area (Å²) in [6.45, 7) is 0. The van der Waals surface area contributed by atoms with Crippen molar-refractivity contribution in [2.24, 2.45) is 0 Å². The van der Waals surface area contributed by atoms with E-state index in [9.17, 15) is 0 Å². The van der Waals surface area contributed by atoms with Crippen LogP contribution in [0.25, 0.3) is 10.8 Å². The maximum Gasteiger partial charge on any atom is 0.118 e. The summed E-state index contributed by atoms with van der Waals surface area (Å²) < 4.78 is 5.22. The smallest absolute Gasteiger partial charge is 0.118 e. The van der Waals surface area contributed by atoms with Crippen LogP contribution in [0.2, 0.25) is 0 Å². The average molecular weight is 337 g/mol. The third-order valence-electron chi connectivity index (χ3n) is 4.69. The molecule has 0 amide bonds. The molecule has 4 aromatic carbocycles. The van der Waals surface area contributed by atoms with Crippen molar-refractivity contribution in [2.45, 2.75) is 6.42 Å². The van der Waals surface area contributed by atoms with Crippen LogP contribution in [0.1, 0.15) is 22.3 Å². The van der Waals surface area contributed by atoms with Gasteiger partial charge in [-0.15, -0.1) is 0 Å². The summed E-state index contributed by atoms with van der Waals surface area (Å²) in [5.41, 5.74) is 5.08. The highest BCUT2D eigenvalue weighted by Gasteiger charge is 2.03. The van der Waals surface area contributed by atoms with Gasteiger partial charge in [-0.2, -0.15) is 0 Å². The van der Waals surface area contributed by atoms with Crippen molar-refractivity contribution in [3.05, 3.63) is 120 Å². The predicted octanol–water partition coefficient (Wildman–Crippen LogP) is 6.04. The number of benzene rings is 4. The van der Waals surface area contributed by atoms with Gasteiger partial charge in [0, 0.05) is 6.42 Å². The molecule has 1 heteroatoms. The molecule has 0 aromatic heterocycles. The third kappa shape index (κ3) is 3.62. The van der Waals surface area contributed by atoms with Crippen molar-refractivity contribution in [1.82, 2.24) is 0 Å². The van der Waals surface area contributed by atoms with Crippen LogP contribution in [-0.2, 0) is 6.42 Å². The Morgan fingerprint density at radius 2 is 1.35 bits per heavy atom. The highest BCUT2D eigenvalue weighted by molar-refractivity contribution is 5.87. The van der Waals surface area contributed by atoms with Crippen LogP contribution < -0.4 is 4.74 Å². The van der Waals surface area contributed by atoms with E-state index in [-0.39, 0.29) is 0 Å². The number of hydrogen-bond donors (Lipinski definition) is 0. The van der Waals surface area contributed by atoms with Crippen molar-refractivity contribution in [3.63, 3.8) is 0 Å². The normalized spacial score (nSPS) is 10.8. The molecular weight excluding hydrogens is 316 g/mol. The summed E-state index contributed by atoms with van der Waals surface area (Å²) in [7, 11) is 1.69. The second-order valence-electron chi connectivity index (χ2n) is 6.48. The lowest BCUT2D eigenvalue weighted by atomic mass is 9.97. The van der Waals surface area contributed by atoms with E-state index < -0.39 is 0 Å². The van der Waals surface area contributed by atoms with Crippen molar-refractivity contribution in [3.8, 4) is 5.75 Å². The molecule has 127 valence electrons. The van der Waals surface area contributed by atoms with Crippen LogP contribution in [0.15, 0.2) is 91.0 Å². The highest BCUT2D eigenvalue weighted by atomic mass is 16.5. The summed E-state index contributed by atoms with van der Waals surface area (Å²) in [4.78, 5) is 0. The first-order valence-corrected chi connectivity index (χ1v) is 8.86. The minimum atomic E-state index is 0.897. The topological polar surface area (TPSA) is 9.23 Å². The Hall–Kier alpha value is -3.06. The summed E-state index contributed by atoms with van der Waals surface area (Å²) in [6.07, 6.45) is 3.18. The minimum absolute atomic E-state index is 0.897. The Morgan fingerprint density at radius 3 is 2.08 bits per heavy atom. The molecule has 26 heavy (non-hydrogen) atoms. The largest absolute Gasteiger partial charge is 0.497 e. The first-order valence-electron chi connectivity index (χ1n) is 8.86. The molecule has 4 aromatic rings. The van der Waals surface area contributed by atoms with Gasteiger partial charge in [0.05, 0.1) is 7.11 Å². The molecule has 0 spiro atoms. The molecule has 1 radical (unpaired) electrons. The van der Waals surface area contributed by atoms with E-state index >= 15 is 0 Å². The maximum atomic E-state index is 5.22. The average Bonchev–Trinajstić information content (AvgIpc) is 2.70. The van der Waals surface area contributed by atoms with Gasteiger partial charge in [-0.1, -0.05) is 78.9 Å². The van der Waals surface area contributed by atoms with Crippen molar-refractivity contribution >= 4 is 10.8 Å². The zero-order valence-corrected chi connectivity index (χ0v) is 14.9. The van der Waals surface area contributed by atoms with E-state index in [1.807, 2.05) is 12.1 Å². The van der Waals surface area contributed by atoms with E-state index in [1.165, 1.54) is 33.0 Å². The lowest BCUT2D eigenvalue weighted by molar-refractivity contribution is 0.414. The molecule has 0 bridgehead atoms. The first-order chi connectivity index (χ1) is 12.8. The van der Waals surface area contributed by atoms with Crippen LogP contribution in [0.4, 0.5) is 0 Å². The zero-order valence-electron chi connectivity index (χ0n) is 14.9. The molecule has 0 aliphatic carbocycles. The fourth-order valence-electron chi connectivity index (χ4n) is 3.27. The zero-order chi connectivity index (χ0) is 17.8. The van der Waals surface area contributed by atoms with E-state index in [0.717, 1.165) is 12.2 Å². The van der Waals surface area contributed by atoms with Gasteiger partial charge in [-0.25, -0.2) is 0 Å². The molecule has 0 fully saturated rings. The molecule has 0 saturated heterocycles. The number of fused-ring (bicyclic) bond motifs is 1. The molecule has 0 atom stereocenters. The van der Waals surface area contributed by atoms with Crippen LogP contribution in [0, 0.1) is 6.42 Å². The van der Waals surface area contributed by atoms with Gasteiger partial charge in [0.2, 0.25) is 0 Å². The van der Waals surface area contributed by atoms with Gasteiger partial charge in [-0.3, -0.25) is 0 Å². The SMILES string of the molecule is COc1ccc(Cc2ccc([CH]c3cccc4ccccc34)cc2)cc1. The Labute approximate surface area is 154 Å². The second-order valence-corrected chi connectivity index (χ2v) is 6.48. The predicted molar refractivity (Wildman–Crippen MR) is 109 cm³/mol. The van der Waals surface area contributed by atoms with Gasteiger partial charge < -0.3 is 4.74 Å². The molecular formula is C25H21O. The summed E-state index contributed by atoms with van der Waals surface area (Å²) in [5, 5.41) is 2.56.